The summed E-state index contributed by atoms with van der Waals surface area (Å²) in [5.41, 5.74) is 1.39. The van der Waals surface area contributed by atoms with Crippen molar-refractivity contribution in [2.24, 2.45) is 0 Å². The minimum Gasteiger partial charge on any atom is -0.497 e. The van der Waals surface area contributed by atoms with E-state index in [0.29, 0.717) is 47.1 Å². The molecule has 0 bridgehead atoms. The molecule has 0 spiro atoms. The fourth-order valence-corrected chi connectivity index (χ4v) is 5.11. The van der Waals surface area contributed by atoms with Gasteiger partial charge in [-0.3, -0.25) is 34.3 Å². The third kappa shape index (κ3) is 7.81. The van der Waals surface area contributed by atoms with Crippen LogP contribution in [0.1, 0.15) is 58.8 Å². The Morgan fingerprint density at radius 2 is 1.76 bits per heavy atom. The van der Waals surface area contributed by atoms with Crippen molar-refractivity contribution in [2.75, 3.05) is 26.7 Å². The van der Waals surface area contributed by atoms with Crippen LogP contribution in [0.4, 0.5) is 5.69 Å². The largest absolute Gasteiger partial charge is 0.497 e. The van der Waals surface area contributed by atoms with Crippen molar-refractivity contribution in [3.63, 3.8) is 0 Å². The lowest BCUT2D eigenvalue weighted by molar-refractivity contribution is -0.384. The van der Waals surface area contributed by atoms with Gasteiger partial charge in [0.2, 0.25) is 5.91 Å². The maximum atomic E-state index is 13.3. The van der Waals surface area contributed by atoms with Gasteiger partial charge in [0.15, 0.2) is 5.78 Å². The molecule has 2 heterocycles. The highest BCUT2D eigenvalue weighted by atomic mass is 35.5. The number of amides is 2. The van der Waals surface area contributed by atoms with Crippen LogP contribution < -0.4 is 4.74 Å². The normalized spacial score (nSPS) is 12.6. The highest BCUT2D eigenvalue weighted by Gasteiger charge is 2.27. The van der Waals surface area contributed by atoms with Gasteiger partial charge in [0.1, 0.15) is 11.6 Å². The van der Waals surface area contributed by atoms with Crippen molar-refractivity contribution in [2.45, 2.75) is 33.2 Å². The first-order valence-electron chi connectivity index (χ1n) is 14.5. The van der Waals surface area contributed by atoms with Gasteiger partial charge < -0.3 is 9.30 Å². The number of benzene rings is 3. The molecular weight excluding hydrogens is 598 g/mol. The molecule has 234 valence electrons. The third-order valence-corrected chi connectivity index (χ3v) is 7.78. The summed E-state index contributed by atoms with van der Waals surface area (Å²) in [4.78, 5) is 55.3. The number of ether oxygens (including phenoxy) is 1. The number of imide groups is 1. The highest BCUT2D eigenvalue weighted by Crippen LogP contribution is 2.28. The Balaban J connectivity index is 0.000000242. The number of non-ortho nitro benzene ring substituents is 1. The quantitative estimate of drug-likeness (QED) is 0.0907. The summed E-state index contributed by atoms with van der Waals surface area (Å²) < 4.78 is 6.80. The Kier molecular flexibility index (Phi) is 11.2. The van der Waals surface area contributed by atoms with E-state index in [1.54, 1.807) is 78.7 Å². The number of nitro benzene ring substituents is 1. The van der Waals surface area contributed by atoms with E-state index >= 15 is 0 Å². The van der Waals surface area contributed by atoms with Crippen LogP contribution in [-0.4, -0.2) is 68.6 Å². The molecule has 1 saturated heterocycles. The number of aromatic nitrogens is 2. The van der Waals surface area contributed by atoms with Crippen molar-refractivity contribution >= 4 is 34.9 Å². The van der Waals surface area contributed by atoms with Gasteiger partial charge in [-0.25, -0.2) is 4.98 Å². The van der Waals surface area contributed by atoms with E-state index in [-0.39, 0.29) is 28.8 Å². The van der Waals surface area contributed by atoms with Crippen LogP contribution in [0.25, 0.3) is 5.69 Å². The van der Waals surface area contributed by atoms with Crippen molar-refractivity contribution < 1.29 is 24.0 Å². The first-order chi connectivity index (χ1) is 21.7. The number of carbonyl (C=O) groups excluding carboxylic acids is 3. The zero-order valence-electron chi connectivity index (χ0n) is 25.3. The molecule has 2 amide bonds. The van der Waals surface area contributed by atoms with Crippen LogP contribution in [0, 0.1) is 10.1 Å². The number of likely N-dealkylation sites (tertiary alicyclic amines) is 1. The van der Waals surface area contributed by atoms with E-state index < -0.39 is 4.92 Å². The molecule has 3 aromatic carbocycles. The number of carbonyl (C=O) groups is 3. The van der Waals surface area contributed by atoms with Crippen LogP contribution in [0.3, 0.4) is 0 Å². The molecule has 1 aromatic heterocycles. The minimum atomic E-state index is -0.516. The van der Waals surface area contributed by atoms with Crippen LogP contribution in [-0.2, 0) is 11.3 Å². The van der Waals surface area contributed by atoms with Gasteiger partial charge in [0.25, 0.3) is 11.6 Å². The second-order valence-electron chi connectivity index (χ2n) is 10.1. The first kappa shape index (κ1) is 33.0. The molecule has 0 radical (unpaired) electrons. The lowest BCUT2D eigenvalue weighted by Crippen LogP contribution is -2.31. The molecule has 12 heteroatoms. The first-order valence-corrected chi connectivity index (χ1v) is 14.9. The molecule has 1 aliphatic heterocycles. The van der Waals surface area contributed by atoms with Crippen LogP contribution in [0.2, 0.25) is 5.02 Å². The molecule has 4 aromatic rings. The summed E-state index contributed by atoms with van der Waals surface area (Å²) >= 11 is 6.21. The Morgan fingerprint density at radius 3 is 2.36 bits per heavy atom. The van der Waals surface area contributed by atoms with E-state index in [9.17, 15) is 24.5 Å². The molecule has 5 rings (SSSR count). The molecule has 11 nitrogen and oxygen atoms in total. The topological polar surface area (TPSA) is 128 Å². The fourth-order valence-electron chi connectivity index (χ4n) is 4.89. The Labute approximate surface area is 266 Å². The summed E-state index contributed by atoms with van der Waals surface area (Å²) in [6.45, 7) is 6.97. The average Bonchev–Trinajstić information content (AvgIpc) is 3.71. The maximum absolute atomic E-state index is 13.3. The number of rotatable bonds is 10. The second-order valence-corrected chi connectivity index (χ2v) is 10.5. The maximum Gasteiger partial charge on any atom is 0.270 e. The third-order valence-electron chi connectivity index (χ3n) is 7.45. The summed E-state index contributed by atoms with van der Waals surface area (Å²) in [7, 11) is 1.57. The highest BCUT2D eigenvalue weighted by molar-refractivity contribution is 6.35. The monoisotopic (exact) mass is 631 g/mol. The average molecular weight is 632 g/mol. The van der Waals surface area contributed by atoms with E-state index in [4.69, 9.17) is 16.3 Å². The number of nitro groups is 1. The number of halogens is 1. The van der Waals surface area contributed by atoms with Gasteiger partial charge in [-0.1, -0.05) is 37.6 Å². The molecule has 0 saturated carbocycles. The number of hydrogen-bond acceptors (Lipinski definition) is 8. The molecule has 0 N–H and O–H groups in total. The number of imidazole rings is 1. The van der Waals surface area contributed by atoms with E-state index in [2.05, 4.69) is 23.7 Å². The summed E-state index contributed by atoms with van der Waals surface area (Å²) in [5, 5.41) is 11.6. The van der Waals surface area contributed by atoms with Crippen molar-refractivity contribution in [3.05, 3.63) is 117 Å². The standard InChI is InChI=1S/C21H21ClN4O3.C12H13NO3/c1-3-24(4-2)14-20-23-11-12-25(20)19-10-9-15(26(28)29)13-17(19)21(27)16-7-5-6-8-18(16)22;1-16-10-6-4-9(5-7-10)12(15)13-8-2-3-11(13)14/h5-13H,3-4,14H2,1-2H3;4-7H,2-3,8H2,1H3. The minimum absolute atomic E-state index is 0.0826. The zero-order valence-corrected chi connectivity index (χ0v) is 26.1. The molecule has 45 heavy (non-hydrogen) atoms. The predicted molar refractivity (Wildman–Crippen MR) is 170 cm³/mol. The van der Waals surface area contributed by atoms with Crippen LogP contribution in [0.5, 0.6) is 5.75 Å². The molecule has 0 unspecified atom stereocenters. The van der Waals surface area contributed by atoms with Crippen molar-refractivity contribution in [1.29, 1.82) is 0 Å². The molecule has 0 aliphatic carbocycles. The molecule has 1 aliphatic rings. The lowest BCUT2D eigenvalue weighted by Gasteiger charge is -2.19. The second kappa shape index (κ2) is 15.2. The van der Waals surface area contributed by atoms with E-state index in [1.807, 2.05) is 0 Å². The number of hydrogen-bond donors (Lipinski definition) is 0. The summed E-state index contributed by atoms with van der Waals surface area (Å²) in [6.07, 6.45) is 4.65. The van der Waals surface area contributed by atoms with Crippen molar-refractivity contribution in [3.8, 4) is 11.4 Å². The molecular formula is C33H34ClN5O6. The van der Waals surface area contributed by atoms with Gasteiger partial charge in [-0.05, 0) is 62.0 Å². The van der Waals surface area contributed by atoms with Crippen LogP contribution in [0.15, 0.2) is 79.1 Å². The van der Waals surface area contributed by atoms with Gasteiger partial charge in [-0.2, -0.15) is 0 Å². The number of ketones is 1. The van der Waals surface area contributed by atoms with Gasteiger partial charge in [-0.15, -0.1) is 0 Å². The van der Waals surface area contributed by atoms with E-state index in [1.165, 1.54) is 17.0 Å². The van der Waals surface area contributed by atoms with Gasteiger partial charge >= 0.3 is 0 Å². The fraction of sp³-hybridized carbons (Fsp3) is 0.273. The van der Waals surface area contributed by atoms with E-state index in [0.717, 1.165) is 25.3 Å². The smallest absolute Gasteiger partial charge is 0.270 e. The lowest BCUT2D eigenvalue weighted by atomic mass is 10.0. The zero-order chi connectivity index (χ0) is 32.5. The Hall–Kier alpha value is -4.87. The van der Waals surface area contributed by atoms with Gasteiger partial charge in [0, 0.05) is 48.6 Å². The van der Waals surface area contributed by atoms with Crippen molar-refractivity contribution in [1.82, 2.24) is 19.4 Å². The SMILES string of the molecule is CCN(CC)Cc1nccn1-c1ccc([N+](=O)[O-])cc1C(=O)c1ccccc1Cl.COc1ccc(C(=O)N2CCCC2=O)cc1. The predicted octanol–water partition coefficient (Wildman–Crippen LogP) is 5.96. The Bertz CT molecular complexity index is 1680. The Morgan fingerprint density at radius 1 is 1.04 bits per heavy atom. The summed E-state index contributed by atoms with van der Waals surface area (Å²) in [6, 6.07) is 17.7. The molecule has 1 fully saturated rings. The number of nitrogens with zero attached hydrogens (tertiary/aromatic N) is 5. The van der Waals surface area contributed by atoms with Crippen LogP contribution >= 0.6 is 11.6 Å². The number of methoxy groups -OCH3 is 1. The molecule has 0 atom stereocenters. The van der Waals surface area contributed by atoms with Gasteiger partial charge in [0.05, 0.1) is 34.9 Å². The summed E-state index contributed by atoms with van der Waals surface area (Å²) in [5.74, 6) is 0.767.